The Balaban J connectivity index is 5.51. The van der Waals surface area contributed by atoms with Gasteiger partial charge in [0.25, 0.3) is 0 Å². The fraction of sp³-hybridized carbons (Fsp3) is 0.462. The molecule has 0 fully saturated rings. The van der Waals surface area contributed by atoms with Crippen LogP contribution in [-0.2, 0) is 23.9 Å². The molecule has 0 spiro atoms. The summed E-state index contributed by atoms with van der Waals surface area (Å²) in [7, 11) is 0. The summed E-state index contributed by atoms with van der Waals surface area (Å²) in [5.74, 6) is -5.43. The van der Waals surface area contributed by atoms with Crippen molar-refractivity contribution in [3.05, 3.63) is 25.5 Å². The summed E-state index contributed by atoms with van der Waals surface area (Å²) in [5.41, 5.74) is -2.64. The Kier molecular flexibility index (Phi) is 7.95. The highest BCUT2D eigenvalue weighted by Gasteiger charge is 2.51. The molecule has 0 aliphatic heterocycles. The van der Waals surface area contributed by atoms with Gasteiger partial charge in [0.2, 0.25) is 0 Å². The molecule has 0 radical (unpaired) electrons. The molecule has 0 amide bonds. The van der Waals surface area contributed by atoms with E-state index < -0.39 is 49.1 Å². The highest BCUT2D eigenvalue weighted by molar-refractivity contribution is 5.91. The Bertz CT molecular complexity index is 416. The van der Waals surface area contributed by atoms with Gasteiger partial charge < -0.3 is 24.8 Å². The van der Waals surface area contributed by atoms with E-state index in [0.29, 0.717) is 0 Å². The first-order valence-corrected chi connectivity index (χ1v) is 5.98. The number of aliphatic hydroxyl groups excluding tert-OH is 1. The van der Waals surface area contributed by atoms with Gasteiger partial charge in [0.05, 0.1) is 19.3 Å². The van der Waals surface area contributed by atoms with Gasteiger partial charge in [0.1, 0.15) is 12.5 Å². The van der Waals surface area contributed by atoms with Crippen molar-refractivity contribution in [2.75, 3.05) is 13.2 Å². The van der Waals surface area contributed by atoms with Crippen LogP contribution < -0.4 is 0 Å². The monoisotopic (exact) mass is 302 g/mol. The largest absolute Gasteiger partial charge is 0.481 e. The Labute approximate surface area is 121 Å². The number of hydrogen-bond donors (Lipinski definition) is 3. The maximum atomic E-state index is 11.9. The quantitative estimate of drug-likeness (QED) is 0.282. The Hall–Kier alpha value is -2.19. The van der Waals surface area contributed by atoms with Gasteiger partial charge >= 0.3 is 17.9 Å². The van der Waals surface area contributed by atoms with Gasteiger partial charge in [-0.1, -0.05) is 12.7 Å². The smallest absolute Gasteiger partial charge is 0.339 e. The van der Waals surface area contributed by atoms with Crippen molar-refractivity contribution in [1.29, 1.82) is 0 Å². The molecule has 0 aromatic rings. The molecule has 0 aliphatic carbocycles. The second kappa shape index (κ2) is 8.88. The number of carbonyl (C=O) groups is 3. The lowest BCUT2D eigenvalue weighted by Gasteiger charge is -2.30. The van der Waals surface area contributed by atoms with Crippen molar-refractivity contribution >= 4 is 17.9 Å². The highest BCUT2D eigenvalue weighted by atomic mass is 16.6. The minimum Gasteiger partial charge on any atom is -0.481 e. The van der Waals surface area contributed by atoms with Crippen molar-refractivity contribution in [2.24, 2.45) is 5.92 Å². The van der Waals surface area contributed by atoms with Crippen LogP contribution in [0.2, 0.25) is 0 Å². The predicted molar refractivity (Wildman–Crippen MR) is 69.8 cm³/mol. The van der Waals surface area contributed by atoms with Gasteiger partial charge in [0.15, 0.2) is 5.60 Å². The van der Waals surface area contributed by atoms with E-state index in [0.717, 1.165) is 6.26 Å². The molecular weight excluding hydrogens is 284 g/mol. The standard InChI is InChI=1S/C13H18O8/c1-3-5-9(11(17)20-4-2)13(19,8-10(15)16)12(18)21-7-6-14/h3-4,9,14,19H,1-2,5-8H2,(H,15,16). The first-order valence-electron chi connectivity index (χ1n) is 5.98. The number of allylic oxidation sites excluding steroid dienone is 1. The average Bonchev–Trinajstić information content (AvgIpc) is 2.41. The SMILES string of the molecule is C=CCC(C(=O)OC=C)C(O)(CC(=O)O)C(=O)OCCO. The van der Waals surface area contributed by atoms with E-state index in [2.05, 4.69) is 22.6 Å². The normalized spacial score (nSPS) is 14.4. The van der Waals surface area contributed by atoms with Crippen LogP contribution in [0.1, 0.15) is 12.8 Å². The average molecular weight is 302 g/mol. The number of rotatable bonds is 10. The summed E-state index contributed by atoms with van der Waals surface area (Å²) in [6.45, 7) is 5.58. The van der Waals surface area contributed by atoms with E-state index in [1.807, 2.05) is 0 Å². The van der Waals surface area contributed by atoms with Crippen molar-refractivity contribution in [3.63, 3.8) is 0 Å². The lowest BCUT2D eigenvalue weighted by atomic mass is 9.82. The van der Waals surface area contributed by atoms with Gasteiger partial charge in [0, 0.05) is 0 Å². The summed E-state index contributed by atoms with van der Waals surface area (Å²) >= 11 is 0. The zero-order valence-corrected chi connectivity index (χ0v) is 11.4. The van der Waals surface area contributed by atoms with Crippen molar-refractivity contribution in [2.45, 2.75) is 18.4 Å². The molecule has 0 bridgehead atoms. The van der Waals surface area contributed by atoms with Crippen LogP contribution in [-0.4, -0.2) is 52.0 Å². The van der Waals surface area contributed by atoms with Crippen LogP contribution in [0.4, 0.5) is 0 Å². The zero-order chi connectivity index (χ0) is 16.5. The van der Waals surface area contributed by atoms with Gasteiger partial charge in [-0.25, -0.2) is 4.79 Å². The number of hydrogen-bond acceptors (Lipinski definition) is 7. The molecule has 8 heteroatoms. The van der Waals surface area contributed by atoms with Crippen LogP contribution in [0.3, 0.4) is 0 Å². The number of carboxylic acids is 1. The fourth-order valence-electron chi connectivity index (χ4n) is 1.65. The first kappa shape index (κ1) is 18.8. The molecule has 0 saturated carbocycles. The molecule has 0 aromatic heterocycles. The first-order chi connectivity index (χ1) is 9.83. The minimum atomic E-state index is -2.64. The number of ether oxygens (including phenoxy) is 2. The van der Waals surface area contributed by atoms with E-state index in [9.17, 15) is 19.5 Å². The molecule has 2 atom stereocenters. The number of carboxylic acid groups (broad SMARTS) is 1. The molecule has 8 nitrogen and oxygen atoms in total. The maximum absolute atomic E-state index is 11.9. The number of esters is 2. The third-order valence-corrected chi connectivity index (χ3v) is 2.56. The molecule has 0 saturated heterocycles. The summed E-state index contributed by atoms with van der Waals surface area (Å²) in [6, 6.07) is 0. The van der Waals surface area contributed by atoms with Gasteiger partial charge in [-0.3, -0.25) is 9.59 Å². The maximum Gasteiger partial charge on any atom is 0.339 e. The van der Waals surface area contributed by atoms with E-state index in [1.54, 1.807) is 0 Å². The van der Waals surface area contributed by atoms with Crippen LogP contribution >= 0.6 is 0 Å². The molecule has 0 heterocycles. The van der Waals surface area contributed by atoms with Crippen molar-refractivity contribution in [1.82, 2.24) is 0 Å². The summed E-state index contributed by atoms with van der Waals surface area (Å²) in [5, 5.41) is 27.8. The molecule has 0 rings (SSSR count). The van der Waals surface area contributed by atoms with E-state index >= 15 is 0 Å². The third kappa shape index (κ3) is 5.36. The van der Waals surface area contributed by atoms with Gasteiger partial charge in [-0.05, 0) is 6.42 Å². The molecule has 2 unspecified atom stereocenters. The van der Waals surface area contributed by atoms with E-state index in [1.165, 1.54) is 6.08 Å². The zero-order valence-electron chi connectivity index (χ0n) is 11.4. The molecule has 21 heavy (non-hydrogen) atoms. The van der Waals surface area contributed by atoms with Gasteiger partial charge in [-0.15, -0.1) is 6.58 Å². The summed E-state index contributed by atoms with van der Waals surface area (Å²) in [6.07, 6.45) is 0.729. The van der Waals surface area contributed by atoms with E-state index in [-0.39, 0.29) is 6.42 Å². The number of carbonyl (C=O) groups excluding carboxylic acids is 2. The lowest BCUT2D eigenvalue weighted by molar-refractivity contribution is -0.184. The molecule has 0 aromatic carbocycles. The number of aliphatic carboxylic acids is 1. The van der Waals surface area contributed by atoms with Crippen molar-refractivity contribution < 1.29 is 39.2 Å². The Morgan fingerprint density at radius 1 is 1.29 bits per heavy atom. The molecule has 3 N–H and O–H groups in total. The summed E-state index contributed by atoms with van der Waals surface area (Å²) in [4.78, 5) is 34.5. The summed E-state index contributed by atoms with van der Waals surface area (Å²) < 4.78 is 9.05. The highest BCUT2D eigenvalue weighted by Crippen LogP contribution is 2.28. The second-order valence-corrected chi connectivity index (χ2v) is 4.03. The van der Waals surface area contributed by atoms with Gasteiger partial charge in [-0.2, -0.15) is 0 Å². The fourth-order valence-corrected chi connectivity index (χ4v) is 1.65. The van der Waals surface area contributed by atoms with Crippen LogP contribution in [0.15, 0.2) is 25.5 Å². The van der Waals surface area contributed by atoms with Crippen LogP contribution in [0, 0.1) is 5.92 Å². The molecule has 118 valence electrons. The molecule has 0 aliphatic rings. The van der Waals surface area contributed by atoms with Crippen molar-refractivity contribution in [3.8, 4) is 0 Å². The molecular formula is C13H18O8. The Morgan fingerprint density at radius 2 is 1.90 bits per heavy atom. The van der Waals surface area contributed by atoms with Crippen LogP contribution in [0.25, 0.3) is 0 Å². The number of aliphatic hydroxyl groups is 2. The van der Waals surface area contributed by atoms with E-state index in [4.69, 9.17) is 10.2 Å². The minimum absolute atomic E-state index is 0.218. The third-order valence-electron chi connectivity index (χ3n) is 2.56. The Morgan fingerprint density at radius 3 is 2.33 bits per heavy atom. The predicted octanol–water partition coefficient (Wildman–Crippen LogP) is -0.393. The lowest BCUT2D eigenvalue weighted by Crippen LogP contribution is -2.52. The van der Waals surface area contributed by atoms with Crippen LogP contribution in [0.5, 0.6) is 0 Å². The topological polar surface area (TPSA) is 130 Å². The second-order valence-electron chi connectivity index (χ2n) is 4.03.